The van der Waals surface area contributed by atoms with E-state index >= 15 is 0 Å². The lowest BCUT2D eigenvalue weighted by Crippen LogP contribution is -2.44. The van der Waals surface area contributed by atoms with Gasteiger partial charge in [0.2, 0.25) is 0 Å². The summed E-state index contributed by atoms with van der Waals surface area (Å²) in [5, 5.41) is 3.24. The van der Waals surface area contributed by atoms with Crippen LogP contribution in [-0.2, 0) is 6.42 Å². The first-order chi connectivity index (χ1) is 6.86. The van der Waals surface area contributed by atoms with E-state index in [0.29, 0.717) is 6.42 Å². The highest BCUT2D eigenvalue weighted by atomic mass is 19.1. The van der Waals surface area contributed by atoms with Crippen molar-refractivity contribution in [3.63, 3.8) is 0 Å². The van der Waals surface area contributed by atoms with E-state index in [0.717, 1.165) is 19.4 Å². The molecule has 0 radical (unpaired) electrons. The van der Waals surface area contributed by atoms with Gasteiger partial charge in [-0.3, -0.25) is 0 Å². The molecule has 0 bridgehead atoms. The fourth-order valence-electron chi connectivity index (χ4n) is 1.98. The number of halogens is 1. The van der Waals surface area contributed by atoms with Crippen molar-refractivity contribution in [2.75, 3.05) is 6.54 Å². The average molecular weight is 193 g/mol. The van der Waals surface area contributed by atoms with Crippen LogP contribution in [0.15, 0.2) is 30.3 Å². The first kappa shape index (κ1) is 9.66. The minimum atomic E-state index is -0.677. The molecule has 1 saturated heterocycles. The third kappa shape index (κ3) is 2.32. The molecule has 1 aliphatic heterocycles. The lowest BCUT2D eigenvalue weighted by atomic mass is 9.96. The molecular weight excluding hydrogens is 177 g/mol. The number of hydrogen-bond acceptors (Lipinski definition) is 1. The summed E-state index contributed by atoms with van der Waals surface area (Å²) in [6.07, 6.45) is 1.81. The van der Waals surface area contributed by atoms with Crippen LogP contribution in [0.4, 0.5) is 4.39 Å². The SMILES string of the molecule is FC1CCCN[C@H]1Cc1ccccc1. The predicted octanol–water partition coefficient (Wildman–Crippen LogP) is 2.32. The van der Waals surface area contributed by atoms with E-state index in [1.54, 1.807) is 0 Å². The molecule has 1 aliphatic rings. The molecule has 1 N–H and O–H groups in total. The Labute approximate surface area is 84.3 Å². The summed E-state index contributed by atoms with van der Waals surface area (Å²) in [5.41, 5.74) is 1.22. The van der Waals surface area contributed by atoms with Gasteiger partial charge in [-0.2, -0.15) is 0 Å². The number of nitrogens with one attached hydrogen (secondary N) is 1. The molecule has 2 atom stereocenters. The molecule has 1 fully saturated rings. The van der Waals surface area contributed by atoms with Crippen molar-refractivity contribution in [3.8, 4) is 0 Å². The Kier molecular flexibility index (Phi) is 3.14. The molecule has 2 heteroatoms. The molecule has 1 aromatic carbocycles. The van der Waals surface area contributed by atoms with Crippen molar-refractivity contribution in [3.05, 3.63) is 35.9 Å². The smallest absolute Gasteiger partial charge is 0.116 e. The zero-order chi connectivity index (χ0) is 9.80. The van der Waals surface area contributed by atoms with Crippen LogP contribution < -0.4 is 5.32 Å². The number of piperidine rings is 1. The van der Waals surface area contributed by atoms with Crippen LogP contribution in [0, 0.1) is 0 Å². The second-order valence-corrected chi connectivity index (χ2v) is 3.91. The van der Waals surface area contributed by atoms with Crippen molar-refractivity contribution in [1.82, 2.24) is 5.32 Å². The molecule has 0 spiro atoms. The van der Waals surface area contributed by atoms with Gasteiger partial charge in [-0.15, -0.1) is 0 Å². The Balaban J connectivity index is 1.96. The fraction of sp³-hybridized carbons (Fsp3) is 0.500. The van der Waals surface area contributed by atoms with Gasteiger partial charge in [-0.1, -0.05) is 30.3 Å². The summed E-state index contributed by atoms with van der Waals surface area (Å²) in [4.78, 5) is 0. The van der Waals surface area contributed by atoms with Gasteiger partial charge in [0.05, 0.1) is 0 Å². The minimum Gasteiger partial charge on any atom is -0.311 e. The molecule has 0 aliphatic carbocycles. The third-order valence-electron chi connectivity index (χ3n) is 2.80. The molecule has 76 valence electrons. The van der Waals surface area contributed by atoms with Crippen LogP contribution in [0.25, 0.3) is 0 Å². The number of hydrogen-bond donors (Lipinski definition) is 1. The first-order valence-corrected chi connectivity index (χ1v) is 5.27. The number of rotatable bonds is 2. The lowest BCUT2D eigenvalue weighted by Gasteiger charge is -2.27. The lowest BCUT2D eigenvalue weighted by molar-refractivity contribution is 0.199. The Bertz CT molecular complexity index is 273. The van der Waals surface area contributed by atoms with Gasteiger partial charge in [0.15, 0.2) is 0 Å². The highest BCUT2D eigenvalue weighted by Gasteiger charge is 2.23. The minimum absolute atomic E-state index is 0.0196. The molecule has 1 aromatic rings. The van der Waals surface area contributed by atoms with E-state index in [4.69, 9.17) is 0 Å². The van der Waals surface area contributed by atoms with Crippen LogP contribution in [-0.4, -0.2) is 18.8 Å². The summed E-state index contributed by atoms with van der Waals surface area (Å²) in [6.45, 7) is 0.956. The van der Waals surface area contributed by atoms with Crippen LogP contribution in [0.1, 0.15) is 18.4 Å². The van der Waals surface area contributed by atoms with E-state index in [1.165, 1.54) is 5.56 Å². The molecule has 14 heavy (non-hydrogen) atoms. The van der Waals surface area contributed by atoms with Crippen LogP contribution in [0.3, 0.4) is 0 Å². The Morgan fingerprint density at radius 2 is 2.07 bits per heavy atom. The van der Waals surface area contributed by atoms with Crippen LogP contribution >= 0.6 is 0 Å². The molecule has 1 heterocycles. The van der Waals surface area contributed by atoms with E-state index in [9.17, 15) is 4.39 Å². The standard InChI is InChI=1S/C12H16FN/c13-11-7-4-8-14-12(11)9-10-5-2-1-3-6-10/h1-3,5-6,11-12,14H,4,7-9H2/t11?,12-/m0/s1. The van der Waals surface area contributed by atoms with Gasteiger partial charge < -0.3 is 5.32 Å². The van der Waals surface area contributed by atoms with Gasteiger partial charge in [-0.05, 0) is 31.4 Å². The summed E-state index contributed by atoms with van der Waals surface area (Å²) in [5.74, 6) is 0. The highest BCUT2D eigenvalue weighted by Crippen LogP contribution is 2.16. The van der Waals surface area contributed by atoms with E-state index in [1.807, 2.05) is 18.2 Å². The highest BCUT2D eigenvalue weighted by molar-refractivity contribution is 5.16. The van der Waals surface area contributed by atoms with Crippen LogP contribution in [0.2, 0.25) is 0 Å². The van der Waals surface area contributed by atoms with Gasteiger partial charge in [0.1, 0.15) is 6.17 Å². The maximum absolute atomic E-state index is 13.5. The fourth-order valence-corrected chi connectivity index (χ4v) is 1.98. The maximum Gasteiger partial charge on any atom is 0.116 e. The molecule has 1 nitrogen and oxygen atoms in total. The largest absolute Gasteiger partial charge is 0.311 e. The molecule has 1 unspecified atom stereocenters. The second kappa shape index (κ2) is 4.56. The third-order valence-corrected chi connectivity index (χ3v) is 2.80. The van der Waals surface area contributed by atoms with Crippen molar-refractivity contribution in [2.45, 2.75) is 31.5 Å². The zero-order valence-corrected chi connectivity index (χ0v) is 8.25. The van der Waals surface area contributed by atoms with Crippen molar-refractivity contribution >= 4 is 0 Å². The summed E-state index contributed by atoms with van der Waals surface area (Å²) >= 11 is 0. The van der Waals surface area contributed by atoms with Crippen molar-refractivity contribution < 1.29 is 4.39 Å². The molecular formula is C12H16FN. The van der Waals surface area contributed by atoms with E-state index in [2.05, 4.69) is 17.4 Å². The van der Waals surface area contributed by atoms with E-state index in [-0.39, 0.29) is 6.04 Å². The summed E-state index contributed by atoms with van der Waals surface area (Å²) in [6, 6.07) is 10.1. The Hall–Kier alpha value is -0.890. The first-order valence-electron chi connectivity index (χ1n) is 5.27. The van der Waals surface area contributed by atoms with E-state index < -0.39 is 6.17 Å². The Morgan fingerprint density at radius 1 is 1.29 bits per heavy atom. The molecule has 2 rings (SSSR count). The maximum atomic E-state index is 13.5. The number of alkyl halides is 1. The summed E-state index contributed by atoms with van der Waals surface area (Å²) in [7, 11) is 0. The van der Waals surface area contributed by atoms with Gasteiger partial charge >= 0.3 is 0 Å². The van der Waals surface area contributed by atoms with Crippen LogP contribution in [0.5, 0.6) is 0 Å². The molecule has 0 aromatic heterocycles. The zero-order valence-electron chi connectivity index (χ0n) is 8.25. The number of benzene rings is 1. The topological polar surface area (TPSA) is 12.0 Å². The normalized spacial score (nSPS) is 27.5. The Morgan fingerprint density at radius 3 is 2.79 bits per heavy atom. The van der Waals surface area contributed by atoms with Crippen molar-refractivity contribution in [1.29, 1.82) is 0 Å². The average Bonchev–Trinajstić information content (AvgIpc) is 2.23. The second-order valence-electron chi connectivity index (χ2n) is 3.91. The van der Waals surface area contributed by atoms with Gasteiger partial charge in [-0.25, -0.2) is 4.39 Å². The predicted molar refractivity (Wildman–Crippen MR) is 56.1 cm³/mol. The molecule has 0 amide bonds. The molecule has 0 saturated carbocycles. The van der Waals surface area contributed by atoms with Gasteiger partial charge in [0.25, 0.3) is 0 Å². The monoisotopic (exact) mass is 193 g/mol. The van der Waals surface area contributed by atoms with Gasteiger partial charge in [0, 0.05) is 6.04 Å². The van der Waals surface area contributed by atoms with Crippen molar-refractivity contribution in [2.24, 2.45) is 0 Å². The summed E-state index contributed by atoms with van der Waals surface area (Å²) < 4.78 is 13.5. The quantitative estimate of drug-likeness (QED) is 0.760.